The van der Waals surface area contributed by atoms with E-state index in [-0.39, 0.29) is 0 Å². The first-order valence-electron chi connectivity index (χ1n) is 6.23. The minimum Gasteiger partial charge on any atom is -0.384 e. The Labute approximate surface area is 93.4 Å². The smallest absolute Gasteiger partial charge is 0.133 e. The number of hydrogen-bond acceptors (Lipinski definition) is 2. The van der Waals surface area contributed by atoms with Crippen LogP contribution in [0.25, 0.3) is 0 Å². The van der Waals surface area contributed by atoms with Gasteiger partial charge in [-0.05, 0) is 11.8 Å². The number of carbonyl (C=O) groups excluding carboxylic acids is 1. The van der Waals surface area contributed by atoms with Gasteiger partial charge >= 0.3 is 0 Å². The van der Waals surface area contributed by atoms with Crippen LogP contribution >= 0.6 is 0 Å². The van der Waals surface area contributed by atoms with Gasteiger partial charge in [-0.15, -0.1) is 0 Å². The zero-order valence-electron chi connectivity index (χ0n) is 10.1. The van der Waals surface area contributed by atoms with Crippen LogP contribution in [0.2, 0.25) is 0 Å². The van der Waals surface area contributed by atoms with Gasteiger partial charge < -0.3 is 4.74 Å². The van der Waals surface area contributed by atoms with E-state index in [0.29, 0.717) is 30.6 Å². The molecule has 0 heterocycles. The lowest BCUT2D eigenvalue weighted by Gasteiger charge is -2.21. The molecule has 1 aliphatic rings. The van der Waals surface area contributed by atoms with Crippen LogP contribution in [0.3, 0.4) is 0 Å². The first-order chi connectivity index (χ1) is 7.22. The van der Waals surface area contributed by atoms with Gasteiger partial charge in [-0.1, -0.05) is 39.0 Å². The van der Waals surface area contributed by atoms with Crippen molar-refractivity contribution in [3.63, 3.8) is 0 Å². The van der Waals surface area contributed by atoms with Gasteiger partial charge in [0.05, 0.1) is 0 Å². The van der Waals surface area contributed by atoms with Gasteiger partial charge in [0.15, 0.2) is 0 Å². The fraction of sp³-hybridized carbons (Fsp3) is 0.923. The van der Waals surface area contributed by atoms with Crippen molar-refractivity contribution < 1.29 is 9.53 Å². The topological polar surface area (TPSA) is 26.3 Å². The van der Waals surface area contributed by atoms with Gasteiger partial charge in [-0.3, -0.25) is 4.79 Å². The average Bonchev–Trinajstić information content (AvgIpc) is 2.19. The van der Waals surface area contributed by atoms with Crippen molar-refractivity contribution in [2.45, 2.75) is 51.9 Å². The van der Waals surface area contributed by atoms with Crippen LogP contribution in [-0.2, 0) is 9.53 Å². The molecule has 88 valence electrons. The highest BCUT2D eigenvalue weighted by Gasteiger charge is 2.18. The van der Waals surface area contributed by atoms with E-state index in [1.807, 2.05) is 0 Å². The summed E-state index contributed by atoms with van der Waals surface area (Å²) in [5.74, 6) is 1.50. The third-order valence-electron chi connectivity index (χ3n) is 3.27. The fourth-order valence-electron chi connectivity index (χ4n) is 2.53. The maximum absolute atomic E-state index is 11.7. The molecule has 1 aliphatic carbocycles. The Morgan fingerprint density at radius 3 is 2.60 bits per heavy atom. The Morgan fingerprint density at radius 2 is 2.00 bits per heavy atom. The lowest BCUT2D eigenvalue weighted by molar-refractivity contribution is -0.121. The third-order valence-corrected chi connectivity index (χ3v) is 3.27. The molecule has 0 aromatic carbocycles. The molecule has 0 amide bonds. The van der Waals surface area contributed by atoms with Crippen LogP contribution in [0.15, 0.2) is 0 Å². The number of Topliss-reactive ketones (excluding diaryl/α,β-unsaturated/α-hetero) is 1. The molecule has 0 saturated heterocycles. The summed E-state index contributed by atoms with van der Waals surface area (Å²) in [5, 5.41) is 0. The zero-order valence-corrected chi connectivity index (χ0v) is 10.1. The molecule has 0 aromatic rings. The van der Waals surface area contributed by atoms with Crippen molar-refractivity contribution >= 4 is 5.78 Å². The molecule has 0 aromatic heterocycles. The summed E-state index contributed by atoms with van der Waals surface area (Å²) < 4.78 is 5.04. The molecule has 2 heteroatoms. The lowest BCUT2D eigenvalue weighted by atomic mass is 9.84. The van der Waals surface area contributed by atoms with Crippen LogP contribution in [0.5, 0.6) is 0 Å². The van der Waals surface area contributed by atoms with E-state index in [2.05, 4.69) is 6.92 Å². The molecule has 1 unspecified atom stereocenters. The number of rotatable bonds is 6. The molecule has 1 atom stereocenters. The van der Waals surface area contributed by atoms with Crippen molar-refractivity contribution in [1.29, 1.82) is 0 Å². The normalized spacial score (nSPS) is 20.1. The van der Waals surface area contributed by atoms with Crippen LogP contribution < -0.4 is 0 Å². The first kappa shape index (κ1) is 12.7. The summed E-state index contributed by atoms with van der Waals surface area (Å²) in [5.41, 5.74) is 0. The molecular formula is C13H24O2. The molecule has 15 heavy (non-hydrogen) atoms. The molecule has 0 radical (unpaired) electrons. The second-order valence-corrected chi connectivity index (χ2v) is 5.01. The predicted molar refractivity (Wildman–Crippen MR) is 61.9 cm³/mol. The van der Waals surface area contributed by atoms with Gasteiger partial charge in [0.25, 0.3) is 0 Å². The van der Waals surface area contributed by atoms with Gasteiger partial charge in [0.2, 0.25) is 0 Å². The Morgan fingerprint density at radius 1 is 1.33 bits per heavy atom. The molecule has 1 fully saturated rings. The van der Waals surface area contributed by atoms with E-state index in [9.17, 15) is 4.79 Å². The van der Waals surface area contributed by atoms with Crippen molar-refractivity contribution in [3.8, 4) is 0 Å². The van der Waals surface area contributed by atoms with Crippen molar-refractivity contribution in [3.05, 3.63) is 0 Å². The van der Waals surface area contributed by atoms with Crippen molar-refractivity contribution in [1.82, 2.24) is 0 Å². The molecule has 2 nitrogen and oxygen atoms in total. The molecule has 1 saturated carbocycles. The predicted octanol–water partition coefficient (Wildman–Crippen LogP) is 3.20. The average molecular weight is 212 g/mol. The number of hydrogen-bond donors (Lipinski definition) is 0. The van der Waals surface area contributed by atoms with Crippen LogP contribution in [0.4, 0.5) is 0 Å². The molecular weight excluding hydrogens is 188 g/mol. The largest absolute Gasteiger partial charge is 0.384 e. The third kappa shape index (κ3) is 5.31. The maximum Gasteiger partial charge on any atom is 0.133 e. The van der Waals surface area contributed by atoms with Gasteiger partial charge in [-0.2, -0.15) is 0 Å². The molecule has 0 N–H and O–H groups in total. The van der Waals surface area contributed by atoms with Crippen LogP contribution in [0.1, 0.15) is 51.9 Å². The Hall–Kier alpha value is -0.370. The Bertz CT molecular complexity index is 183. The first-order valence-corrected chi connectivity index (χ1v) is 6.23. The summed E-state index contributed by atoms with van der Waals surface area (Å²) in [4.78, 5) is 11.7. The summed E-state index contributed by atoms with van der Waals surface area (Å²) in [6, 6.07) is 0. The molecule has 0 spiro atoms. The standard InChI is InChI=1S/C13H24O2/c1-11(10-15-2)8-13(14)9-12-6-4-3-5-7-12/h11-12H,3-10H2,1-2H3. The molecule has 0 bridgehead atoms. The van der Waals surface area contributed by atoms with Gasteiger partial charge in [0.1, 0.15) is 5.78 Å². The van der Waals surface area contributed by atoms with Crippen molar-refractivity contribution in [2.24, 2.45) is 11.8 Å². The quantitative estimate of drug-likeness (QED) is 0.676. The van der Waals surface area contributed by atoms with Gasteiger partial charge in [-0.25, -0.2) is 0 Å². The SMILES string of the molecule is COCC(C)CC(=O)CC1CCCCC1. The van der Waals surface area contributed by atoms with E-state index in [1.165, 1.54) is 32.1 Å². The van der Waals surface area contributed by atoms with Gasteiger partial charge in [0, 0.05) is 26.6 Å². The number of carbonyl (C=O) groups is 1. The number of methoxy groups -OCH3 is 1. The van der Waals surface area contributed by atoms with Crippen LogP contribution in [0, 0.1) is 11.8 Å². The van der Waals surface area contributed by atoms with E-state index in [0.717, 1.165) is 6.42 Å². The van der Waals surface area contributed by atoms with Crippen molar-refractivity contribution in [2.75, 3.05) is 13.7 Å². The highest BCUT2D eigenvalue weighted by molar-refractivity contribution is 5.78. The number of ketones is 1. The summed E-state index contributed by atoms with van der Waals surface area (Å²) in [7, 11) is 1.70. The van der Waals surface area contributed by atoms with E-state index < -0.39 is 0 Å². The second-order valence-electron chi connectivity index (χ2n) is 5.01. The minimum absolute atomic E-state index is 0.381. The van der Waals surface area contributed by atoms with E-state index in [1.54, 1.807) is 7.11 Å². The molecule has 0 aliphatic heterocycles. The minimum atomic E-state index is 0.381. The fourth-order valence-corrected chi connectivity index (χ4v) is 2.53. The Kier molecular flexibility index (Phi) is 5.92. The molecule has 1 rings (SSSR count). The van der Waals surface area contributed by atoms with E-state index >= 15 is 0 Å². The number of ether oxygens (including phenoxy) is 1. The highest BCUT2D eigenvalue weighted by Crippen LogP contribution is 2.27. The van der Waals surface area contributed by atoms with Crippen LogP contribution in [-0.4, -0.2) is 19.5 Å². The summed E-state index contributed by atoms with van der Waals surface area (Å²) in [6.45, 7) is 2.79. The maximum atomic E-state index is 11.7. The summed E-state index contributed by atoms with van der Waals surface area (Å²) in [6.07, 6.45) is 8.06. The summed E-state index contributed by atoms with van der Waals surface area (Å²) >= 11 is 0. The zero-order chi connectivity index (χ0) is 11.1. The monoisotopic (exact) mass is 212 g/mol. The Balaban J connectivity index is 2.16. The second kappa shape index (κ2) is 7.00. The van der Waals surface area contributed by atoms with E-state index in [4.69, 9.17) is 4.74 Å². The highest BCUT2D eigenvalue weighted by atomic mass is 16.5. The lowest BCUT2D eigenvalue weighted by Crippen LogP contribution is -2.15.